The molecule has 156 valence electrons. The Kier molecular flexibility index (Phi) is 7.09. The number of benzene rings is 1. The molecule has 0 saturated heterocycles. The van der Waals surface area contributed by atoms with Crippen molar-refractivity contribution < 1.29 is 17.9 Å². The van der Waals surface area contributed by atoms with Gasteiger partial charge in [-0.2, -0.15) is 0 Å². The zero-order chi connectivity index (χ0) is 21.8. The van der Waals surface area contributed by atoms with Crippen LogP contribution >= 0.6 is 11.3 Å². The molecule has 1 aliphatic rings. The molecule has 29 heavy (non-hydrogen) atoms. The number of aliphatic imine (C=N–C) groups is 1. The average molecular weight is 424 g/mol. The fourth-order valence-electron chi connectivity index (χ4n) is 2.62. The molecule has 0 radical (unpaired) electrons. The molecular weight excluding hydrogens is 399 g/mol. The first-order valence-electron chi connectivity index (χ1n) is 9.17. The second kappa shape index (κ2) is 8.97. The zero-order valence-corrected chi connectivity index (χ0v) is 17.8. The molecule has 1 aromatic carbocycles. The summed E-state index contributed by atoms with van der Waals surface area (Å²) in [6.07, 6.45) is 0. The number of rotatable bonds is 1. The molecule has 0 fully saturated rings. The number of aromatic nitrogens is 1. The Labute approximate surface area is 173 Å². The third kappa shape index (κ3) is 4.98. The number of thiazole rings is 1. The topological polar surface area (TPSA) is 60.5 Å². The highest BCUT2D eigenvalue weighted by Crippen LogP contribution is 2.46. The molecule has 2 aromatic rings. The lowest BCUT2D eigenvalue weighted by Crippen LogP contribution is -2.48. The number of aryl methyl sites for hydroxylation is 1. The van der Waals surface area contributed by atoms with Gasteiger partial charge in [0.2, 0.25) is 0 Å². The summed E-state index contributed by atoms with van der Waals surface area (Å²) in [4.78, 5) is 8.05. The Morgan fingerprint density at radius 2 is 1.93 bits per heavy atom. The SMILES string of the molecule is CC.Cc1nc(C#Cc2ccc(F)c(C3N=C(N)COC(C)(C)C3(F)F)c2)cs1. The molecule has 2 heterocycles. The van der Waals surface area contributed by atoms with Gasteiger partial charge in [0.05, 0.1) is 5.01 Å². The Balaban J connectivity index is 0.00000145. The van der Waals surface area contributed by atoms with Crippen molar-refractivity contribution in [3.05, 3.63) is 51.2 Å². The van der Waals surface area contributed by atoms with Gasteiger partial charge in [-0.25, -0.2) is 18.2 Å². The van der Waals surface area contributed by atoms with Gasteiger partial charge in [-0.1, -0.05) is 19.8 Å². The van der Waals surface area contributed by atoms with Gasteiger partial charge in [0.25, 0.3) is 0 Å². The molecule has 0 aliphatic carbocycles. The molecule has 3 rings (SSSR count). The van der Waals surface area contributed by atoms with Gasteiger partial charge in [0.1, 0.15) is 35.6 Å². The summed E-state index contributed by atoms with van der Waals surface area (Å²) in [6.45, 7) is 8.08. The van der Waals surface area contributed by atoms with E-state index in [-0.39, 0.29) is 18.0 Å². The highest BCUT2D eigenvalue weighted by molar-refractivity contribution is 7.09. The van der Waals surface area contributed by atoms with Crippen LogP contribution in [0, 0.1) is 24.6 Å². The van der Waals surface area contributed by atoms with Crippen molar-refractivity contribution in [3.8, 4) is 11.8 Å². The monoisotopic (exact) mass is 423 g/mol. The highest BCUT2D eigenvalue weighted by atomic mass is 32.1. The molecule has 4 nitrogen and oxygen atoms in total. The fraction of sp³-hybridized carbons (Fsp3) is 0.429. The molecule has 1 aliphatic heterocycles. The van der Waals surface area contributed by atoms with E-state index in [0.717, 1.165) is 11.1 Å². The number of amidine groups is 1. The number of alkyl halides is 2. The Hall–Kier alpha value is -2.37. The first-order valence-corrected chi connectivity index (χ1v) is 10.1. The van der Waals surface area contributed by atoms with Crippen LogP contribution in [0.1, 0.15) is 55.6 Å². The van der Waals surface area contributed by atoms with Crippen molar-refractivity contribution in [1.29, 1.82) is 0 Å². The summed E-state index contributed by atoms with van der Waals surface area (Å²) in [5.41, 5.74) is 4.47. The van der Waals surface area contributed by atoms with Crippen LogP contribution in [0.15, 0.2) is 28.6 Å². The molecule has 1 atom stereocenters. The largest absolute Gasteiger partial charge is 0.386 e. The van der Waals surface area contributed by atoms with Crippen molar-refractivity contribution in [1.82, 2.24) is 4.98 Å². The van der Waals surface area contributed by atoms with Gasteiger partial charge >= 0.3 is 5.92 Å². The molecule has 0 spiro atoms. The number of ether oxygens (including phenoxy) is 1. The van der Waals surface area contributed by atoms with E-state index in [1.807, 2.05) is 20.8 Å². The van der Waals surface area contributed by atoms with Gasteiger partial charge in [0, 0.05) is 16.5 Å². The number of hydrogen-bond acceptors (Lipinski definition) is 5. The fourth-order valence-corrected chi connectivity index (χ4v) is 3.16. The summed E-state index contributed by atoms with van der Waals surface area (Å²) in [5, 5.41) is 2.65. The van der Waals surface area contributed by atoms with Gasteiger partial charge in [-0.3, -0.25) is 4.99 Å². The Morgan fingerprint density at radius 3 is 2.55 bits per heavy atom. The first-order chi connectivity index (χ1) is 13.6. The number of nitrogens with two attached hydrogens (primary N) is 1. The second-order valence-electron chi connectivity index (χ2n) is 6.68. The van der Waals surface area contributed by atoms with E-state index >= 15 is 8.78 Å². The van der Waals surface area contributed by atoms with E-state index in [0.29, 0.717) is 11.3 Å². The Bertz CT molecular complexity index is 958. The van der Waals surface area contributed by atoms with Crippen molar-refractivity contribution >= 4 is 17.2 Å². The van der Waals surface area contributed by atoms with Crippen LogP contribution in [0.5, 0.6) is 0 Å². The summed E-state index contributed by atoms with van der Waals surface area (Å²) in [7, 11) is 0. The molecule has 0 bridgehead atoms. The van der Waals surface area contributed by atoms with Crippen LogP contribution < -0.4 is 5.73 Å². The van der Waals surface area contributed by atoms with Crippen molar-refractivity contribution in [2.24, 2.45) is 10.7 Å². The number of hydrogen-bond donors (Lipinski definition) is 1. The van der Waals surface area contributed by atoms with Crippen LogP contribution in [-0.4, -0.2) is 29.0 Å². The lowest BCUT2D eigenvalue weighted by atomic mass is 9.88. The summed E-state index contributed by atoms with van der Waals surface area (Å²) in [5.74, 6) is 1.28. The maximum Gasteiger partial charge on any atom is 0.301 e. The van der Waals surface area contributed by atoms with E-state index in [1.54, 1.807) is 5.38 Å². The zero-order valence-electron chi connectivity index (χ0n) is 17.0. The number of halogens is 3. The smallest absolute Gasteiger partial charge is 0.301 e. The molecular formula is C21H24F3N3OS. The number of nitrogens with zero attached hydrogens (tertiary/aromatic N) is 2. The first kappa shape index (κ1) is 22.9. The molecule has 2 N–H and O–H groups in total. The second-order valence-corrected chi connectivity index (χ2v) is 7.75. The third-order valence-electron chi connectivity index (χ3n) is 4.27. The van der Waals surface area contributed by atoms with Gasteiger partial charge in [-0.15, -0.1) is 11.3 Å². The van der Waals surface area contributed by atoms with Crippen LogP contribution in [0.2, 0.25) is 0 Å². The summed E-state index contributed by atoms with van der Waals surface area (Å²) < 4.78 is 49.7. The average Bonchev–Trinajstić information content (AvgIpc) is 3.07. The van der Waals surface area contributed by atoms with Crippen LogP contribution in [-0.2, 0) is 4.74 Å². The van der Waals surface area contributed by atoms with E-state index in [4.69, 9.17) is 10.5 Å². The van der Waals surface area contributed by atoms with E-state index in [1.165, 1.54) is 37.3 Å². The quantitative estimate of drug-likeness (QED) is 0.667. The minimum absolute atomic E-state index is 0.112. The minimum atomic E-state index is -3.48. The van der Waals surface area contributed by atoms with Gasteiger partial charge in [0.15, 0.2) is 0 Å². The lowest BCUT2D eigenvalue weighted by Gasteiger charge is -2.35. The lowest BCUT2D eigenvalue weighted by molar-refractivity contribution is -0.191. The highest BCUT2D eigenvalue weighted by Gasteiger charge is 2.56. The summed E-state index contributed by atoms with van der Waals surface area (Å²) in [6, 6.07) is 2.00. The maximum absolute atomic E-state index is 15.0. The molecule has 0 saturated carbocycles. The van der Waals surface area contributed by atoms with E-state index in [9.17, 15) is 4.39 Å². The van der Waals surface area contributed by atoms with Gasteiger partial charge < -0.3 is 10.5 Å². The maximum atomic E-state index is 15.0. The van der Waals surface area contributed by atoms with Gasteiger partial charge in [-0.05, 0) is 44.9 Å². The normalized spacial score (nSPS) is 19.7. The molecule has 0 amide bonds. The van der Waals surface area contributed by atoms with Crippen molar-refractivity contribution in [2.45, 2.75) is 52.2 Å². The standard InChI is InChI=1S/C19H18F3N3OS.C2H6/c1-11-24-13(10-27-11)6-4-12-5-7-15(20)14(8-12)17-19(21,22)18(2,3)26-9-16(23)25-17;1-2/h5,7-8,10,17H,9H2,1-3H3,(H2,23,25);1-2H3. The summed E-state index contributed by atoms with van der Waals surface area (Å²) >= 11 is 1.45. The van der Waals surface area contributed by atoms with Crippen LogP contribution in [0.4, 0.5) is 13.2 Å². The molecule has 1 aromatic heterocycles. The van der Waals surface area contributed by atoms with Crippen LogP contribution in [0.25, 0.3) is 0 Å². The van der Waals surface area contributed by atoms with E-state index < -0.39 is 23.4 Å². The minimum Gasteiger partial charge on any atom is -0.386 e. The predicted octanol–water partition coefficient (Wildman–Crippen LogP) is 4.86. The molecule has 1 unspecified atom stereocenters. The van der Waals surface area contributed by atoms with Crippen molar-refractivity contribution in [3.63, 3.8) is 0 Å². The van der Waals surface area contributed by atoms with Crippen LogP contribution in [0.3, 0.4) is 0 Å². The third-order valence-corrected chi connectivity index (χ3v) is 5.04. The Morgan fingerprint density at radius 1 is 1.24 bits per heavy atom. The molecule has 8 heteroatoms. The predicted molar refractivity (Wildman–Crippen MR) is 110 cm³/mol. The van der Waals surface area contributed by atoms with E-state index in [2.05, 4.69) is 21.8 Å². The van der Waals surface area contributed by atoms with Crippen molar-refractivity contribution in [2.75, 3.05) is 6.61 Å².